The van der Waals surface area contributed by atoms with Crippen molar-refractivity contribution in [1.29, 1.82) is 0 Å². The van der Waals surface area contributed by atoms with Crippen LogP contribution in [0.3, 0.4) is 0 Å². The molecule has 0 aliphatic heterocycles. The largest absolute Gasteiger partial charge is 0.207 e. The Morgan fingerprint density at radius 2 is 1.90 bits per heavy atom. The molecule has 0 aliphatic rings. The molecular formula is C18H16BrFS. The van der Waals surface area contributed by atoms with Crippen LogP contribution in [0, 0.1) is 11.7 Å². The highest BCUT2D eigenvalue weighted by Crippen LogP contribution is 2.29. The van der Waals surface area contributed by atoms with Gasteiger partial charge in [-0.25, -0.2) is 4.39 Å². The van der Waals surface area contributed by atoms with Crippen molar-refractivity contribution in [1.82, 2.24) is 0 Å². The van der Waals surface area contributed by atoms with Gasteiger partial charge in [0.15, 0.2) is 0 Å². The Hall–Kier alpha value is -1.19. The van der Waals surface area contributed by atoms with Crippen molar-refractivity contribution in [3.8, 4) is 0 Å². The number of thiophene rings is 1. The van der Waals surface area contributed by atoms with Gasteiger partial charge in [0.05, 0.1) is 0 Å². The van der Waals surface area contributed by atoms with Gasteiger partial charge >= 0.3 is 0 Å². The summed E-state index contributed by atoms with van der Waals surface area (Å²) in [5.41, 5.74) is 2.47. The molecule has 0 radical (unpaired) electrons. The van der Waals surface area contributed by atoms with Gasteiger partial charge < -0.3 is 0 Å². The highest BCUT2D eigenvalue weighted by molar-refractivity contribution is 9.09. The lowest BCUT2D eigenvalue weighted by Gasteiger charge is -2.14. The van der Waals surface area contributed by atoms with E-state index >= 15 is 0 Å². The van der Waals surface area contributed by atoms with Crippen LogP contribution >= 0.6 is 27.3 Å². The summed E-state index contributed by atoms with van der Waals surface area (Å²) in [6.07, 6.45) is 1.92. The second-order valence-electron chi connectivity index (χ2n) is 5.32. The number of rotatable bonds is 5. The molecule has 1 aromatic heterocycles. The average Bonchev–Trinajstić information content (AvgIpc) is 2.90. The maximum absolute atomic E-state index is 13.3. The Morgan fingerprint density at radius 3 is 2.71 bits per heavy atom. The lowest BCUT2D eigenvalue weighted by Crippen LogP contribution is -2.09. The van der Waals surface area contributed by atoms with Gasteiger partial charge in [-0.3, -0.25) is 0 Å². The minimum absolute atomic E-state index is 0.151. The molecule has 2 aromatic carbocycles. The maximum atomic E-state index is 13.3. The minimum atomic E-state index is -0.151. The van der Waals surface area contributed by atoms with Gasteiger partial charge in [0.2, 0.25) is 0 Å². The Kier molecular flexibility index (Phi) is 4.71. The van der Waals surface area contributed by atoms with Gasteiger partial charge in [-0.1, -0.05) is 46.3 Å². The summed E-state index contributed by atoms with van der Waals surface area (Å²) < 4.78 is 14.6. The standard InChI is InChI=1S/C18H16BrFS/c19-11-14(8-13-4-3-5-16(20)10-13)9-15-12-21-18-7-2-1-6-17(15)18/h1-7,10,12,14H,8-9,11H2. The molecular weight excluding hydrogens is 347 g/mol. The summed E-state index contributed by atoms with van der Waals surface area (Å²) in [7, 11) is 0. The minimum Gasteiger partial charge on any atom is -0.207 e. The maximum Gasteiger partial charge on any atom is 0.123 e. The molecule has 108 valence electrons. The summed E-state index contributed by atoms with van der Waals surface area (Å²) >= 11 is 5.41. The van der Waals surface area contributed by atoms with E-state index < -0.39 is 0 Å². The fourth-order valence-electron chi connectivity index (χ4n) is 2.68. The average molecular weight is 363 g/mol. The fourth-order valence-corrected chi connectivity index (χ4v) is 4.11. The molecule has 0 saturated carbocycles. The lowest BCUT2D eigenvalue weighted by atomic mass is 9.94. The fraction of sp³-hybridized carbons (Fsp3) is 0.222. The topological polar surface area (TPSA) is 0 Å². The zero-order valence-electron chi connectivity index (χ0n) is 11.6. The van der Waals surface area contributed by atoms with E-state index in [2.05, 4.69) is 45.6 Å². The molecule has 0 saturated heterocycles. The van der Waals surface area contributed by atoms with E-state index in [0.717, 1.165) is 23.7 Å². The molecule has 0 amide bonds. The van der Waals surface area contributed by atoms with Crippen LogP contribution in [0.5, 0.6) is 0 Å². The van der Waals surface area contributed by atoms with Crippen LogP contribution in [0.4, 0.5) is 4.39 Å². The van der Waals surface area contributed by atoms with Crippen LogP contribution in [0.15, 0.2) is 53.9 Å². The zero-order chi connectivity index (χ0) is 14.7. The van der Waals surface area contributed by atoms with Crippen LogP contribution in [0.25, 0.3) is 10.1 Å². The van der Waals surface area contributed by atoms with Gasteiger partial charge in [-0.15, -0.1) is 11.3 Å². The van der Waals surface area contributed by atoms with Gasteiger partial charge in [0.25, 0.3) is 0 Å². The molecule has 0 N–H and O–H groups in total. The quantitative estimate of drug-likeness (QED) is 0.500. The highest BCUT2D eigenvalue weighted by Gasteiger charge is 2.13. The van der Waals surface area contributed by atoms with Crippen molar-refractivity contribution in [2.75, 3.05) is 5.33 Å². The number of hydrogen-bond acceptors (Lipinski definition) is 1. The normalized spacial score (nSPS) is 12.7. The van der Waals surface area contributed by atoms with Crippen LogP contribution in [-0.4, -0.2) is 5.33 Å². The first-order valence-electron chi connectivity index (χ1n) is 7.02. The number of alkyl halides is 1. The molecule has 3 aromatic rings. The van der Waals surface area contributed by atoms with Crippen molar-refractivity contribution < 1.29 is 4.39 Å². The van der Waals surface area contributed by atoms with Gasteiger partial charge in [-0.2, -0.15) is 0 Å². The third kappa shape index (κ3) is 3.53. The van der Waals surface area contributed by atoms with E-state index in [9.17, 15) is 4.39 Å². The lowest BCUT2D eigenvalue weighted by molar-refractivity contribution is 0.585. The van der Waals surface area contributed by atoms with E-state index in [1.165, 1.54) is 21.7 Å². The summed E-state index contributed by atoms with van der Waals surface area (Å²) in [5.74, 6) is 0.326. The summed E-state index contributed by atoms with van der Waals surface area (Å²) in [6, 6.07) is 15.5. The molecule has 1 atom stereocenters. The van der Waals surface area contributed by atoms with Crippen molar-refractivity contribution in [2.45, 2.75) is 12.8 Å². The van der Waals surface area contributed by atoms with E-state index in [1.807, 2.05) is 6.07 Å². The molecule has 21 heavy (non-hydrogen) atoms. The Labute approximate surface area is 136 Å². The summed E-state index contributed by atoms with van der Waals surface area (Å²) in [5, 5.41) is 4.53. The second kappa shape index (κ2) is 6.71. The number of benzene rings is 2. The zero-order valence-corrected chi connectivity index (χ0v) is 14.0. The molecule has 0 nitrogen and oxygen atoms in total. The molecule has 0 bridgehead atoms. The SMILES string of the molecule is Fc1cccc(CC(CBr)Cc2csc3ccccc23)c1. The van der Waals surface area contributed by atoms with Gasteiger partial charge in [-0.05, 0) is 58.9 Å². The molecule has 0 aliphatic carbocycles. The van der Waals surface area contributed by atoms with Crippen molar-refractivity contribution in [3.63, 3.8) is 0 Å². The van der Waals surface area contributed by atoms with Crippen LogP contribution in [0.2, 0.25) is 0 Å². The number of halogens is 2. The van der Waals surface area contributed by atoms with E-state index in [1.54, 1.807) is 23.5 Å². The predicted octanol–water partition coefficient (Wildman–Crippen LogP) is 5.84. The predicted molar refractivity (Wildman–Crippen MR) is 92.9 cm³/mol. The molecule has 0 fully saturated rings. The molecule has 0 spiro atoms. The van der Waals surface area contributed by atoms with Crippen LogP contribution in [-0.2, 0) is 12.8 Å². The van der Waals surface area contributed by atoms with E-state index in [0.29, 0.717) is 5.92 Å². The smallest absolute Gasteiger partial charge is 0.123 e. The van der Waals surface area contributed by atoms with Crippen LogP contribution < -0.4 is 0 Å². The second-order valence-corrected chi connectivity index (χ2v) is 6.87. The number of hydrogen-bond donors (Lipinski definition) is 0. The molecule has 3 rings (SSSR count). The third-order valence-electron chi connectivity index (χ3n) is 3.70. The first-order valence-corrected chi connectivity index (χ1v) is 9.02. The summed E-state index contributed by atoms with van der Waals surface area (Å²) in [6.45, 7) is 0. The Morgan fingerprint density at radius 1 is 1.05 bits per heavy atom. The van der Waals surface area contributed by atoms with Crippen molar-refractivity contribution in [3.05, 3.63) is 70.9 Å². The number of fused-ring (bicyclic) bond motifs is 1. The van der Waals surface area contributed by atoms with Gasteiger partial charge in [0, 0.05) is 10.0 Å². The monoisotopic (exact) mass is 362 g/mol. The highest BCUT2D eigenvalue weighted by atomic mass is 79.9. The van der Waals surface area contributed by atoms with E-state index in [4.69, 9.17) is 0 Å². The first-order chi connectivity index (χ1) is 10.3. The Bertz CT molecular complexity index is 735. The van der Waals surface area contributed by atoms with Crippen molar-refractivity contribution in [2.24, 2.45) is 5.92 Å². The van der Waals surface area contributed by atoms with Crippen molar-refractivity contribution >= 4 is 37.4 Å². The third-order valence-corrected chi connectivity index (χ3v) is 5.63. The van der Waals surface area contributed by atoms with Crippen LogP contribution in [0.1, 0.15) is 11.1 Å². The van der Waals surface area contributed by atoms with Gasteiger partial charge in [0.1, 0.15) is 5.82 Å². The van der Waals surface area contributed by atoms with E-state index in [-0.39, 0.29) is 5.82 Å². The summed E-state index contributed by atoms with van der Waals surface area (Å²) in [4.78, 5) is 0. The molecule has 3 heteroatoms. The Balaban J connectivity index is 1.78. The molecule has 1 heterocycles. The molecule has 1 unspecified atom stereocenters. The first kappa shape index (κ1) is 14.7.